The molecular formula is C49H80NO8P. The number of unbranched alkanes of at least 4 members (excludes halogenated alkanes) is 9. The number of ether oxygens (including phenoxy) is 1. The zero-order valence-corrected chi connectivity index (χ0v) is 37.5. The quantitative estimate of drug-likeness (QED) is 0.0240. The molecule has 0 bridgehead atoms. The van der Waals surface area contributed by atoms with Crippen molar-refractivity contribution >= 4 is 19.7 Å². The molecule has 0 aromatic heterocycles. The van der Waals surface area contributed by atoms with Gasteiger partial charge in [0.15, 0.2) is 0 Å². The first-order valence-corrected chi connectivity index (χ1v) is 23.9. The molecule has 10 heteroatoms. The summed E-state index contributed by atoms with van der Waals surface area (Å²) in [5.41, 5.74) is 0. The van der Waals surface area contributed by atoms with Gasteiger partial charge in [0.1, 0.15) is 12.7 Å². The normalized spacial score (nSPS) is 14.3. The summed E-state index contributed by atoms with van der Waals surface area (Å²) in [6.07, 6.45) is 58.8. The van der Waals surface area contributed by atoms with Gasteiger partial charge in [0, 0.05) is 19.4 Å². The number of hydrogen-bond donors (Lipinski definition) is 3. The van der Waals surface area contributed by atoms with E-state index in [2.05, 4.69) is 116 Å². The van der Waals surface area contributed by atoms with Crippen LogP contribution in [0.2, 0.25) is 0 Å². The van der Waals surface area contributed by atoms with Crippen LogP contribution in [0.3, 0.4) is 0 Å². The lowest BCUT2D eigenvalue weighted by Crippen LogP contribution is -2.27. The van der Waals surface area contributed by atoms with Crippen molar-refractivity contribution in [3.63, 3.8) is 0 Å². The van der Waals surface area contributed by atoms with Crippen molar-refractivity contribution in [2.75, 3.05) is 26.4 Å². The maximum absolute atomic E-state index is 12.1. The summed E-state index contributed by atoms with van der Waals surface area (Å²) in [6.45, 7) is 3.29. The Labute approximate surface area is 358 Å². The Morgan fingerprint density at radius 1 is 0.542 bits per heavy atom. The Morgan fingerprint density at radius 3 is 1.49 bits per heavy atom. The Kier molecular flexibility index (Phi) is 41.7. The number of carbonyl (C=O) groups is 2. The Bertz CT molecular complexity index is 1330. The number of phosphoric acid groups is 1. The van der Waals surface area contributed by atoms with E-state index in [1.807, 2.05) is 12.2 Å². The van der Waals surface area contributed by atoms with Crippen LogP contribution in [0.5, 0.6) is 0 Å². The first-order valence-electron chi connectivity index (χ1n) is 22.4. The SMILES string of the molecule is CC/C=C\C/C=C\C/C=C\C/C=C\C/C=C\C/C=C\CCC(=O)OCC(O)COP(=O)(O)OCCNC(=O)CCCCCCCC/C=C\C/C=C\C/C=C\CCCCC. The van der Waals surface area contributed by atoms with Gasteiger partial charge in [-0.3, -0.25) is 18.6 Å². The third-order valence-corrected chi connectivity index (χ3v) is 9.68. The van der Waals surface area contributed by atoms with E-state index in [1.54, 1.807) is 0 Å². The van der Waals surface area contributed by atoms with Gasteiger partial charge in [0.05, 0.1) is 13.2 Å². The van der Waals surface area contributed by atoms with Gasteiger partial charge in [-0.05, 0) is 89.9 Å². The molecule has 1 amide bonds. The molecule has 0 fully saturated rings. The minimum absolute atomic E-state index is 0.0587. The Balaban J connectivity index is 3.75. The summed E-state index contributed by atoms with van der Waals surface area (Å²) in [5.74, 6) is -0.625. The number of aliphatic hydroxyl groups is 1. The number of nitrogens with one attached hydrogen (secondary N) is 1. The van der Waals surface area contributed by atoms with Crippen molar-refractivity contribution in [3.05, 3.63) is 109 Å². The van der Waals surface area contributed by atoms with Gasteiger partial charge in [-0.15, -0.1) is 0 Å². The number of allylic oxidation sites excluding steroid dienone is 18. The molecule has 9 nitrogen and oxygen atoms in total. The van der Waals surface area contributed by atoms with E-state index in [-0.39, 0.29) is 32.1 Å². The first-order chi connectivity index (χ1) is 28.8. The molecule has 0 aliphatic heterocycles. The molecule has 2 unspecified atom stereocenters. The van der Waals surface area contributed by atoms with Crippen molar-refractivity contribution in [2.45, 2.75) is 161 Å². The fourth-order valence-corrected chi connectivity index (χ4v) is 6.11. The molecule has 0 spiro atoms. The van der Waals surface area contributed by atoms with E-state index >= 15 is 0 Å². The highest BCUT2D eigenvalue weighted by molar-refractivity contribution is 7.47. The molecule has 0 rings (SSSR count). The van der Waals surface area contributed by atoms with Crippen molar-refractivity contribution in [1.82, 2.24) is 5.32 Å². The molecule has 3 N–H and O–H groups in total. The maximum atomic E-state index is 12.1. The second kappa shape index (κ2) is 44.2. The standard InChI is InChI=1S/C49H80NO8P/c1-3-5-7-9-11-13-15-17-19-21-23-25-27-29-31-33-35-37-39-41-48(52)50-43-44-57-59(54,55)58-46-47(51)45-56-49(53)42-40-38-36-34-32-30-28-26-24-22-20-18-16-14-12-10-8-6-4-2/h6,8,11-14,17-20,23-26,30,32,36,38,47,51H,3-5,7,9-10,15-16,21-22,27-29,31,33-35,37,39-46H2,1-2H3,(H,50,52)(H,54,55)/b8-6-,13-11-,14-12-,19-17-,20-18-,25-23-,26-24-,32-30-,38-36-. The average molecular weight is 842 g/mol. The number of amides is 1. The predicted octanol–water partition coefficient (Wildman–Crippen LogP) is 12.8. The van der Waals surface area contributed by atoms with E-state index in [0.717, 1.165) is 83.5 Å². The molecule has 0 saturated carbocycles. The van der Waals surface area contributed by atoms with E-state index in [4.69, 9.17) is 13.8 Å². The van der Waals surface area contributed by atoms with Gasteiger partial charge in [-0.2, -0.15) is 0 Å². The van der Waals surface area contributed by atoms with Crippen LogP contribution in [0.25, 0.3) is 0 Å². The van der Waals surface area contributed by atoms with Gasteiger partial charge in [-0.1, -0.05) is 162 Å². The van der Waals surface area contributed by atoms with Crippen molar-refractivity contribution in [2.24, 2.45) is 0 Å². The van der Waals surface area contributed by atoms with Crippen LogP contribution in [0, 0.1) is 0 Å². The van der Waals surface area contributed by atoms with Crippen LogP contribution in [-0.4, -0.2) is 54.3 Å². The van der Waals surface area contributed by atoms with E-state index in [9.17, 15) is 24.2 Å². The van der Waals surface area contributed by atoms with Crippen LogP contribution in [0.15, 0.2) is 109 Å². The number of hydrogen-bond acceptors (Lipinski definition) is 7. The summed E-state index contributed by atoms with van der Waals surface area (Å²) in [4.78, 5) is 33.9. The van der Waals surface area contributed by atoms with E-state index in [1.165, 1.54) is 38.5 Å². The maximum Gasteiger partial charge on any atom is 0.472 e. The number of aliphatic hydroxyl groups excluding tert-OH is 1. The molecule has 0 heterocycles. The Morgan fingerprint density at radius 2 is 0.983 bits per heavy atom. The summed E-state index contributed by atoms with van der Waals surface area (Å²) >= 11 is 0. The highest BCUT2D eigenvalue weighted by Crippen LogP contribution is 2.42. The number of esters is 1. The molecule has 0 aliphatic carbocycles. The van der Waals surface area contributed by atoms with Crippen molar-refractivity contribution < 1.29 is 37.9 Å². The monoisotopic (exact) mass is 842 g/mol. The highest BCUT2D eigenvalue weighted by atomic mass is 31.2. The number of rotatable bonds is 40. The molecule has 0 aliphatic rings. The average Bonchev–Trinajstić information content (AvgIpc) is 3.22. The summed E-state index contributed by atoms with van der Waals surface area (Å²) in [5, 5.41) is 12.7. The summed E-state index contributed by atoms with van der Waals surface area (Å²) < 4.78 is 26.8. The Hall–Kier alpha value is -3.33. The van der Waals surface area contributed by atoms with E-state index < -0.39 is 26.5 Å². The van der Waals surface area contributed by atoms with Gasteiger partial charge in [0.25, 0.3) is 0 Å². The topological polar surface area (TPSA) is 131 Å². The third-order valence-electron chi connectivity index (χ3n) is 8.70. The second-order valence-corrected chi connectivity index (χ2v) is 15.7. The second-order valence-electron chi connectivity index (χ2n) is 14.3. The summed E-state index contributed by atoms with van der Waals surface area (Å²) in [6, 6.07) is 0. The van der Waals surface area contributed by atoms with Crippen LogP contribution in [-0.2, 0) is 27.9 Å². The molecular weight excluding hydrogens is 762 g/mol. The number of phosphoric ester groups is 1. The molecule has 0 saturated heterocycles. The van der Waals surface area contributed by atoms with Gasteiger partial charge < -0.3 is 20.1 Å². The molecule has 0 radical (unpaired) electrons. The smallest absolute Gasteiger partial charge is 0.463 e. The van der Waals surface area contributed by atoms with Gasteiger partial charge >= 0.3 is 13.8 Å². The predicted molar refractivity (Wildman–Crippen MR) is 247 cm³/mol. The lowest BCUT2D eigenvalue weighted by atomic mass is 10.1. The zero-order valence-electron chi connectivity index (χ0n) is 36.6. The fourth-order valence-electron chi connectivity index (χ4n) is 5.35. The minimum Gasteiger partial charge on any atom is -0.463 e. The molecule has 0 aromatic carbocycles. The van der Waals surface area contributed by atoms with Crippen molar-refractivity contribution in [3.8, 4) is 0 Å². The lowest BCUT2D eigenvalue weighted by molar-refractivity contribution is -0.147. The van der Waals surface area contributed by atoms with Crippen molar-refractivity contribution in [1.29, 1.82) is 0 Å². The van der Waals surface area contributed by atoms with Crippen LogP contribution < -0.4 is 5.32 Å². The van der Waals surface area contributed by atoms with Crippen LogP contribution >= 0.6 is 7.82 Å². The van der Waals surface area contributed by atoms with Gasteiger partial charge in [-0.25, -0.2) is 4.57 Å². The third kappa shape index (κ3) is 45.6. The van der Waals surface area contributed by atoms with E-state index in [0.29, 0.717) is 12.8 Å². The molecule has 2 atom stereocenters. The first kappa shape index (κ1) is 55.7. The molecule has 59 heavy (non-hydrogen) atoms. The highest BCUT2D eigenvalue weighted by Gasteiger charge is 2.23. The fraction of sp³-hybridized carbons (Fsp3) is 0.592. The lowest BCUT2D eigenvalue weighted by Gasteiger charge is -2.15. The molecule has 334 valence electrons. The number of carbonyl (C=O) groups excluding carboxylic acids is 2. The van der Waals surface area contributed by atoms with Crippen LogP contribution in [0.4, 0.5) is 0 Å². The van der Waals surface area contributed by atoms with Gasteiger partial charge in [0.2, 0.25) is 5.91 Å². The minimum atomic E-state index is -4.45. The van der Waals surface area contributed by atoms with Crippen LogP contribution in [0.1, 0.15) is 155 Å². The largest absolute Gasteiger partial charge is 0.472 e. The molecule has 0 aromatic rings. The summed E-state index contributed by atoms with van der Waals surface area (Å²) in [7, 11) is -4.45. The zero-order chi connectivity index (χ0) is 43.2.